The lowest BCUT2D eigenvalue weighted by molar-refractivity contribution is -0.133. The van der Waals surface area contributed by atoms with Gasteiger partial charge in [0.15, 0.2) is 11.5 Å². The summed E-state index contributed by atoms with van der Waals surface area (Å²) in [4.78, 5) is 27.3. The quantitative estimate of drug-likeness (QED) is 0.597. The number of carbonyl (C=O) groups is 2. The summed E-state index contributed by atoms with van der Waals surface area (Å²) in [6.07, 6.45) is 0. The van der Waals surface area contributed by atoms with Crippen molar-refractivity contribution in [3.63, 3.8) is 0 Å². The van der Waals surface area contributed by atoms with Gasteiger partial charge in [-0.25, -0.2) is 0 Å². The van der Waals surface area contributed by atoms with Crippen molar-refractivity contribution in [1.29, 1.82) is 0 Å². The van der Waals surface area contributed by atoms with Crippen molar-refractivity contribution in [1.82, 2.24) is 10.2 Å². The maximum atomic E-state index is 13.1. The number of rotatable bonds is 10. The van der Waals surface area contributed by atoms with Crippen LogP contribution in [-0.2, 0) is 11.3 Å². The molecule has 0 aromatic heterocycles. The highest BCUT2D eigenvalue weighted by Gasteiger charge is 2.28. The number of nitrogens with zero attached hydrogens (tertiary/aromatic N) is 1. The molecular formula is C23H28F2N2O5. The lowest BCUT2D eigenvalue weighted by Crippen LogP contribution is -2.50. The molecule has 0 heterocycles. The Balaban J connectivity index is 2.17. The Morgan fingerprint density at radius 1 is 1.00 bits per heavy atom. The van der Waals surface area contributed by atoms with Gasteiger partial charge in [-0.1, -0.05) is 32.0 Å². The van der Waals surface area contributed by atoms with E-state index in [1.807, 2.05) is 13.8 Å². The zero-order valence-electron chi connectivity index (χ0n) is 18.7. The minimum Gasteiger partial charge on any atom is -0.496 e. The van der Waals surface area contributed by atoms with Crippen molar-refractivity contribution in [2.45, 2.75) is 33.0 Å². The molecule has 0 bridgehead atoms. The van der Waals surface area contributed by atoms with Crippen molar-refractivity contribution in [3.05, 3.63) is 53.6 Å². The molecule has 0 aliphatic rings. The second-order valence-corrected chi connectivity index (χ2v) is 7.45. The average Bonchev–Trinajstić information content (AvgIpc) is 2.76. The molecule has 0 spiro atoms. The van der Waals surface area contributed by atoms with Crippen molar-refractivity contribution in [3.8, 4) is 17.2 Å². The summed E-state index contributed by atoms with van der Waals surface area (Å²) in [5, 5.41) is 2.78. The standard InChI is InChI=1S/C23H28F2N2O5/c1-14(2)20(26-21(28)16-8-6-7-9-17(16)30-4)22(29)27(3)13-15-10-11-18(31-5)19(12-15)32-23(24)25/h6-12,14,20,23H,13H2,1-5H3,(H,26,28). The zero-order valence-corrected chi connectivity index (χ0v) is 18.7. The van der Waals surface area contributed by atoms with Crippen molar-refractivity contribution >= 4 is 11.8 Å². The SMILES string of the molecule is COc1ccc(CN(C)C(=O)C(NC(=O)c2ccccc2OC)C(C)C)cc1OC(F)F. The highest BCUT2D eigenvalue weighted by atomic mass is 19.3. The van der Waals surface area contributed by atoms with Gasteiger partial charge in [0.25, 0.3) is 5.91 Å². The third kappa shape index (κ3) is 6.32. The largest absolute Gasteiger partial charge is 0.496 e. The first kappa shape index (κ1) is 24.9. The molecule has 0 fully saturated rings. The second kappa shape index (κ2) is 11.3. The number of nitrogens with one attached hydrogen (secondary N) is 1. The van der Waals surface area contributed by atoms with E-state index < -0.39 is 18.6 Å². The number of methoxy groups -OCH3 is 2. The molecule has 7 nitrogen and oxygen atoms in total. The van der Waals surface area contributed by atoms with Crippen LogP contribution in [0, 0.1) is 5.92 Å². The Morgan fingerprint density at radius 2 is 1.66 bits per heavy atom. The number of hydrogen-bond donors (Lipinski definition) is 1. The number of carbonyl (C=O) groups excluding carboxylic acids is 2. The van der Waals surface area contributed by atoms with Crippen molar-refractivity contribution < 1.29 is 32.6 Å². The van der Waals surface area contributed by atoms with Crippen molar-refractivity contribution in [2.24, 2.45) is 5.92 Å². The number of ether oxygens (including phenoxy) is 3. The Kier molecular flexibility index (Phi) is 8.80. The van der Waals surface area contributed by atoms with Gasteiger partial charge in [-0.3, -0.25) is 9.59 Å². The fraction of sp³-hybridized carbons (Fsp3) is 0.391. The smallest absolute Gasteiger partial charge is 0.387 e. The first-order valence-electron chi connectivity index (χ1n) is 9.98. The first-order valence-corrected chi connectivity index (χ1v) is 9.98. The van der Waals surface area contributed by atoms with E-state index in [2.05, 4.69) is 10.1 Å². The summed E-state index contributed by atoms with van der Waals surface area (Å²) < 4.78 is 40.1. The van der Waals surface area contributed by atoms with Gasteiger partial charge >= 0.3 is 6.61 Å². The van der Waals surface area contributed by atoms with Crippen LogP contribution in [0.4, 0.5) is 8.78 Å². The molecule has 0 aliphatic carbocycles. The van der Waals surface area contributed by atoms with Gasteiger partial charge < -0.3 is 24.4 Å². The molecular weight excluding hydrogens is 422 g/mol. The molecule has 1 atom stereocenters. The van der Waals surface area contributed by atoms with Crippen LogP contribution in [0.15, 0.2) is 42.5 Å². The van der Waals surface area contributed by atoms with Crippen LogP contribution in [0.3, 0.4) is 0 Å². The number of likely N-dealkylation sites (N-methyl/N-ethyl adjacent to an activating group) is 1. The Labute approximate surface area is 186 Å². The normalized spacial score (nSPS) is 11.8. The van der Waals surface area contributed by atoms with E-state index in [1.54, 1.807) is 37.4 Å². The molecule has 2 aromatic carbocycles. The van der Waals surface area contributed by atoms with Gasteiger partial charge in [0.2, 0.25) is 5.91 Å². The Hall–Kier alpha value is -3.36. The molecule has 0 saturated heterocycles. The molecule has 0 saturated carbocycles. The second-order valence-electron chi connectivity index (χ2n) is 7.45. The van der Waals surface area contributed by atoms with Gasteiger partial charge in [-0.15, -0.1) is 0 Å². The molecule has 1 N–H and O–H groups in total. The van der Waals surface area contributed by atoms with Gasteiger partial charge in [-0.05, 0) is 35.7 Å². The van der Waals surface area contributed by atoms with Gasteiger partial charge in [0.05, 0.1) is 19.8 Å². The Morgan fingerprint density at radius 3 is 2.25 bits per heavy atom. The maximum absolute atomic E-state index is 13.1. The highest BCUT2D eigenvalue weighted by molar-refractivity contribution is 5.99. The topological polar surface area (TPSA) is 77.1 Å². The number of amides is 2. The van der Waals surface area contributed by atoms with E-state index in [0.29, 0.717) is 16.9 Å². The molecule has 32 heavy (non-hydrogen) atoms. The van der Waals surface area contributed by atoms with Crippen LogP contribution in [0.25, 0.3) is 0 Å². The number of halogens is 2. The molecule has 1 unspecified atom stereocenters. The molecule has 2 aromatic rings. The molecule has 9 heteroatoms. The van der Waals surface area contributed by atoms with E-state index in [4.69, 9.17) is 9.47 Å². The molecule has 2 rings (SSSR count). The number of alkyl halides is 2. The maximum Gasteiger partial charge on any atom is 0.387 e. The lowest BCUT2D eigenvalue weighted by atomic mass is 10.0. The van der Waals surface area contributed by atoms with Crippen LogP contribution in [0.2, 0.25) is 0 Å². The monoisotopic (exact) mass is 450 g/mol. The van der Waals surface area contributed by atoms with E-state index in [9.17, 15) is 18.4 Å². The fourth-order valence-electron chi connectivity index (χ4n) is 3.16. The third-order valence-corrected chi connectivity index (χ3v) is 4.81. The van der Waals surface area contributed by atoms with Crippen LogP contribution < -0.4 is 19.5 Å². The minimum atomic E-state index is -3.01. The summed E-state index contributed by atoms with van der Waals surface area (Å²) in [5.74, 6) is -0.511. The zero-order chi connectivity index (χ0) is 23.8. The predicted octanol–water partition coefficient (Wildman–Crippen LogP) is 3.72. The summed E-state index contributed by atoms with van der Waals surface area (Å²) in [5.41, 5.74) is 0.885. The van der Waals surface area contributed by atoms with E-state index in [0.717, 1.165) is 0 Å². The van der Waals surface area contributed by atoms with E-state index in [1.165, 1.54) is 31.3 Å². The van der Waals surface area contributed by atoms with Crippen LogP contribution >= 0.6 is 0 Å². The van der Waals surface area contributed by atoms with Gasteiger partial charge in [-0.2, -0.15) is 8.78 Å². The average molecular weight is 450 g/mol. The molecule has 2 amide bonds. The lowest BCUT2D eigenvalue weighted by Gasteiger charge is -2.27. The summed E-state index contributed by atoms with van der Waals surface area (Å²) >= 11 is 0. The number of benzene rings is 2. The Bertz CT molecular complexity index is 936. The summed E-state index contributed by atoms with van der Waals surface area (Å²) in [6, 6.07) is 10.5. The third-order valence-electron chi connectivity index (χ3n) is 4.81. The number of para-hydroxylation sites is 1. The first-order chi connectivity index (χ1) is 15.2. The predicted molar refractivity (Wildman–Crippen MR) is 115 cm³/mol. The van der Waals surface area contributed by atoms with Gasteiger partial charge in [0.1, 0.15) is 11.8 Å². The molecule has 174 valence electrons. The highest BCUT2D eigenvalue weighted by Crippen LogP contribution is 2.30. The van der Waals surface area contributed by atoms with E-state index in [-0.39, 0.29) is 29.9 Å². The minimum absolute atomic E-state index is 0.120. The summed E-state index contributed by atoms with van der Waals surface area (Å²) in [7, 11) is 4.39. The van der Waals surface area contributed by atoms with Crippen LogP contribution in [0.1, 0.15) is 29.8 Å². The fourth-order valence-corrected chi connectivity index (χ4v) is 3.16. The molecule has 0 aliphatic heterocycles. The summed E-state index contributed by atoms with van der Waals surface area (Å²) in [6.45, 7) is 0.756. The van der Waals surface area contributed by atoms with Crippen LogP contribution in [-0.4, -0.2) is 50.6 Å². The molecule has 0 radical (unpaired) electrons. The number of hydrogen-bond acceptors (Lipinski definition) is 5. The van der Waals surface area contributed by atoms with E-state index >= 15 is 0 Å². The van der Waals surface area contributed by atoms with Crippen LogP contribution in [0.5, 0.6) is 17.2 Å². The van der Waals surface area contributed by atoms with Gasteiger partial charge in [0, 0.05) is 13.6 Å². The van der Waals surface area contributed by atoms with Crippen molar-refractivity contribution in [2.75, 3.05) is 21.3 Å².